The minimum atomic E-state index is -0.294. The largest absolute Gasteiger partial charge is 0.469 e. The average Bonchev–Trinajstić information content (AvgIpc) is 2.50. The highest BCUT2D eigenvalue weighted by Crippen LogP contribution is 2.14. The zero-order valence-corrected chi connectivity index (χ0v) is 12.6. The SMILES string of the molecule is COCCN(CCC(=O)OC)Cc1ccc(F)cc1CN. The summed E-state index contributed by atoms with van der Waals surface area (Å²) in [5.41, 5.74) is 7.39. The molecular weight excluding hydrogens is 275 g/mol. The Morgan fingerprint density at radius 1 is 1.29 bits per heavy atom. The van der Waals surface area contributed by atoms with Gasteiger partial charge in [0, 0.05) is 33.3 Å². The highest BCUT2D eigenvalue weighted by molar-refractivity contribution is 5.69. The second-order valence-electron chi connectivity index (χ2n) is 4.71. The van der Waals surface area contributed by atoms with Gasteiger partial charge in [-0.1, -0.05) is 6.07 Å². The lowest BCUT2D eigenvalue weighted by molar-refractivity contribution is -0.141. The van der Waals surface area contributed by atoms with E-state index in [-0.39, 0.29) is 18.3 Å². The lowest BCUT2D eigenvalue weighted by Crippen LogP contribution is -2.30. The number of halogens is 1. The van der Waals surface area contributed by atoms with Gasteiger partial charge in [-0.2, -0.15) is 0 Å². The Morgan fingerprint density at radius 2 is 2.05 bits per heavy atom. The molecule has 2 N–H and O–H groups in total. The summed E-state index contributed by atoms with van der Waals surface area (Å²) in [7, 11) is 3.00. The maximum Gasteiger partial charge on any atom is 0.306 e. The van der Waals surface area contributed by atoms with Gasteiger partial charge in [0.15, 0.2) is 0 Å². The number of ether oxygens (including phenoxy) is 2. The second-order valence-corrected chi connectivity index (χ2v) is 4.71. The Kier molecular flexibility index (Phi) is 7.89. The van der Waals surface area contributed by atoms with Crippen molar-refractivity contribution in [3.63, 3.8) is 0 Å². The van der Waals surface area contributed by atoms with Gasteiger partial charge in [0.2, 0.25) is 0 Å². The zero-order valence-electron chi connectivity index (χ0n) is 12.6. The van der Waals surface area contributed by atoms with E-state index < -0.39 is 0 Å². The molecule has 0 atom stereocenters. The molecule has 118 valence electrons. The maximum atomic E-state index is 13.2. The van der Waals surface area contributed by atoms with Crippen molar-refractivity contribution in [2.24, 2.45) is 5.73 Å². The first kappa shape index (κ1) is 17.6. The van der Waals surface area contributed by atoms with Crippen molar-refractivity contribution >= 4 is 5.97 Å². The molecule has 21 heavy (non-hydrogen) atoms. The van der Waals surface area contributed by atoms with Crippen LogP contribution in [0.15, 0.2) is 18.2 Å². The van der Waals surface area contributed by atoms with Gasteiger partial charge in [-0.15, -0.1) is 0 Å². The van der Waals surface area contributed by atoms with Gasteiger partial charge >= 0.3 is 5.97 Å². The molecule has 0 unspecified atom stereocenters. The Morgan fingerprint density at radius 3 is 2.67 bits per heavy atom. The van der Waals surface area contributed by atoms with Crippen molar-refractivity contribution in [2.75, 3.05) is 33.9 Å². The number of rotatable bonds is 9. The third kappa shape index (κ3) is 6.20. The van der Waals surface area contributed by atoms with Gasteiger partial charge in [0.25, 0.3) is 0 Å². The van der Waals surface area contributed by atoms with Gasteiger partial charge in [-0.3, -0.25) is 9.69 Å². The molecule has 0 fully saturated rings. The van der Waals surface area contributed by atoms with Gasteiger partial charge in [0.05, 0.1) is 20.1 Å². The number of nitrogens with two attached hydrogens (primary N) is 1. The molecule has 5 nitrogen and oxygen atoms in total. The van der Waals surface area contributed by atoms with E-state index in [2.05, 4.69) is 9.64 Å². The summed E-state index contributed by atoms with van der Waals surface area (Å²) in [6, 6.07) is 4.60. The van der Waals surface area contributed by atoms with E-state index >= 15 is 0 Å². The number of methoxy groups -OCH3 is 2. The standard InChI is InChI=1S/C15H23FN2O3/c1-20-8-7-18(6-5-15(19)21-2)11-12-3-4-14(16)9-13(12)10-17/h3-4,9H,5-8,10-11,17H2,1-2H3. The number of esters is 1. The molecule has 0 aromatic heterocycles. The first-order valence-corrected chi connectivity index (χ1v) is 6.86. The summed E-state index contributed by atoms with van der Waals surface area (Å²) in [6.07, 6.45) is 0.305. The van der Waals surface area contributed by atoms with Crippen LogP contribution in [0.3, 0.4) is 0 Å². The number of carbonyl (C=O) groups excluding carboxylic acids is 1. The molecule has 0 heterocycles. The van der Waals surface area contributed by atoms with Crippen LogP contribution >= 0.6 is 0 Å². The van der Waals surface area contributed by atoms with E-state index in [1.807, 2.05) is 0 Å². The van der Waals surface area contributed by atoms with Crippen molar-refractivity contribution < 1.29 is 18.7 Å². The fraction of sp³-hybridized carbons (Fsp3) is 0.533. The highest BCUT2D eigenvalue weighted by Gasteiger charge is 2.12. The van der Waals surface area contributed by atoms with Crippen LogP contribution in [0.1, 0.15) is 17.5 Å². The van der Waals surface area contributed by atoms with Crippen LogP contribution in [0.5, 0.6) is 0 Å². The topological polar surface area (TPSA) is 64.8 Å². The van der Waals surface area contributed by atoms with Crippen LogP contribution in [0.4, 0.5) is 4.39 Å². The van der Waals surface area contributed by atoms with Gasteiger partial charge in [0.1, 0.15) is 5.82 Å². The smallest absolute Gasteiger partial charge is 0.306 e. The third-order valence-electron chi connectivity index (χ3n) is 3.25. The molecule has 1 aromatic carbocycles. The molecule has 0 saturated carbocycles. The lowest BCUT2D eigenvalue weighted by Gasteiger charge is -2.22. The molecule has 6 heteroatoms. The predicted molar refractivity (Wildman–Crippen MR) is 78.1 cm³/mol. The Hall–Kier alpha value is -1.50. The molecule has 0 radical (unpaired) electrons. The van der Waals surface area contributed by atoms with Crippen molar-refractivity contribution in [1.82, 2.24) is 4.90 Å². The van der Waals surface area contributed by atoms with Crippen LogP contribution in [-0.2, 0) is 27.4 Å². The number of carbonyl (C=O) groups is 1. The summed E-state index contributed by atoms with van der Waals surface area (Å²) in [6.45, 7) is 2.65. The quantitative estimate of drug-likeness (QED) is 0.696. The molecule has 0 spiro atoms. The molecule has 0 amide bonds. The second kappa shape index (κ2) is 9.44. The van der Waals surface area contributed by atoms with Crippen LogP contribution in [-0.4, -0.2) is 44.8 Å². The number of hydrogen-bond donors (Lipinski definition) is 1. The van der Waals surface area contributed by atoms with Crippen LogP contribution < -0.4 is 5.73 Å². The number of nitrogens with zero attached hydrogens (tertiary/aromatic N) is 1. The monoisotopic (exact) mass is 298 g/mol. The number of benzene rings is 1. The normalized spacial score (nSPS) is 10.9. The Labute approximate surface area is 124 Å². The summed E-state index contributed by atoms with van der Waals surface area (Å²) in [5.74, 6) is -0.548. The van der Waals surface area contributed by atoms with E-state index in [1.165, 1.54) is 19.2 Å². The molecule has 0 bridgehead atoms. The molecule has 0 aliphatic carbocycles. The van der Waals surface area contributed by atoms with Crippen LogP contribution in [0.25, 0.3) is 0 Å². The zero-order chi connectivity index (χ0) is 15.7. The van der Waals surface area contributed by atoms with E-state index in [9.17, 15) is 9.18 Å². The fourth-order valence-corrected chi connectivity index (χ4v) is 2.02. The third-order valence-corrected chi connectivity index (χ3v) is 3.25. The molecule has 1 aromatic rings. The summed E-state index contributed by atoms with van der Waals surface area (Å²) >= 11 is 0. The predicted octanol–water partition coefficient (Wildman–Crippen LogP) is 1.30. The fourth-order valence-electron chi connectivity index (χ4n) is 2.02. The Bertz CT molecular complexity index is 455. The van der Waals surface area contributed by atoms with E-state index in [0.717, 1.165) is 11.1 Å². The first-order valence-electron chi connectivity index (χ1n) is 6.86. The van der Waals surface area contributed by atoms with E-state index in [0.29, 0.717) is 32.7 Å². The summed E-state index contributed by atoms with van der Waals surface area (Å²) in [4.78, 5) is 13.3. The maximum absolute atomic E-state index is 13.2. The first-order chi connectivity index (χ1) is 10.1. The highest BCUT2D eigenvalue weighted by atomic mass is 19.1. The van der Waals surface area contributed by atoms with E-state index in [4.69, 9.17) is 10.5 Å². The van der Waals surface area contributed by atoms with Gasteiger partial charge in [-0.25, -0.2) is 4.39 Å². The van der Waals surface area contributed by atoms with Crippen LogP contribution in [0.2, 0.25) is 0 Å². The van der Waals surface area contributed by atoms with Gasteiger partial charge < -0.3 is 15.2 Å². The molecule has 0 aliphatic rings. The molecular formula is C15H23FN2O3. The summed E-state index contributed by atoms with van der Waals surface area (Å²) in [5, 5.41) is 0. The minimum Gasteiger partial charge on any atom is -0.469 e. The molecule has 0 aliphatic heterocycles. The van der Waals surface area contributed by atoms with Crippen molar-refractivity contribution in [3.05, 3.63) is 35.1 Å². The van der Waals surface area contributed by atoms with Gasteiger partial charge in [-0.05, 0) is 23.3 Å². The number of hydrogen-bond acceptors (Lipinski definition) is 5. The van der Waals surface area contributed by atoms with Crippen molar-refractivity contribution in [3.8, 4) is 0 Å². The molecule has 0 saturated heterocycles. The van der Waals surface area contributed by atoms with Crippen molar-refractivity contribution in [1.29, 1.82) is 0 Å². The van der Waals surface area contributed by atoms with Crippen molar-refractivity contribution in [2.45, 2.75) is 19.5 Å². The molecule has 1 rings (SSSR count). The minimum absolute atomic E-state index is 0.254. The lowest BCUT2D eigenvalue weighted by atomic mass is 10.1. The van der Waals surface area contributed by atoms with E-state index in [1.54, 1.807) is 13.2 Å². The Balaban J connectivity index is 2.72. The summed E-state index contributed by atoms with van der Waals surface area (Å²) < 4.78 is 22.9. The average molecular weight is 298 g/mol. The van der Waals surface area contributed by atoms with Crippen LogP contribution in [0, 0.1) is 5.82 Å².